The summed E-state index contributed by atoms with van der Waals surface area (Å²) in [5, 5.41) is 2.74. The molecule has 0 unspecified atom stereocenters. The van der Waals surface area contributed by atoms with E-state index >= 15 is 0 Å². The van der Waals surface area contributed by atoms with Crippen LogP contribution < -0.4 is 14.8 Å². The van der Waals surface area contributed by atoms with Gasteiger partial charge in [-0.3, -0.25) is 4.79 Å². The molecule has 0 aromatic heterocycles. The van der Waals surface area contributed by atoms with Crippen LogP contribution >= 0.6 is 0 Å². The smallest absolute Gasteiger partial charge is 0.255 e. The van der Waals surface area contributed by atoms with E-state index in [1.165, 1.54) is 12.1 Å². The fourth-order valence-electron chi connectivity index (χ4n) is 2.52. The fourth-order valence-corrected chi connectivity index (χ4v) is 3.62. The van der Waals surface area contributed by atoms with Crippen molar-refractivity contribution in [3.63, 3.8) is 0 Å². The summed E-state index contributed by atoms with van der Waals surface area (Å²) in [7, 11) is -3.73. The highest BCUT2D eigenvalue weighted by molar-refractivity contribution is 7.89. The van der Waals surface area contributed by atoms with Crippen molar-refractivity contribution in [2.75, 3.05) is 25.1 Å². The summed E-state index contributed by atoms with van der Waals surface area (Å²) in [5.41, 5.74) is 0.762. The first-order valence-electron chi connectivity index (χ1n) is 9.58. The molecular weight excluding hydrogens is 392 g/mol. The quantitative estimate of drug-likeness (QED) is 0.543. The monoisotopic (exact) mass is 420 g/mol. The first-order chi connectivity index (χ1) is 13.8. The topological polar surface area (TPSA) is 93.7 Å². The molecule has 1 amide bonds. The van der Waals surface area contributed by atoms with Gasteiger partial charge in [-0.05, 0) is 57.5 Å². The summed E-state index contributed by atoms with van der Waals surface area (Å²) in [6, 6.07) is 13.1. The molecule has 0 saturated carbocycles. The summed E-state index contributed by atoms with van der Waals surface area (Å²) in [5.74, 6) is 0.0564. The Labute approximate surface area is 172 Å². The number of amides is 1. The molecule has 29 heavy (non-hydrogen) atoms. The largest absolute Gasteiger partial charge is 0.492 e. The van der Waals surface area contributed by atoms with Gasteiger partial charge in [0.05, 0.1) is 23.3 Å². The lowest BCUT2D eigenvalue weighted by Crippen LogP contribution is -2.26. The number of benzene rings is 2. The van der Waals surface area contributed by atoms with Crippen molar-refractivity contribution in [1.29, 1.82) is 0 Å². The first kappa shape index (κ1) is 22.9. The average molecular weight is 421 g/mol. The Balaban J connectivity index is 2.14. The van der Waals surface area contributed by atoms with Crippen molar-refractivity contribution < 1.29 is 22.7 Å². The highest BCUT2D eigenvalue weighted by Crippen LogP contribution is 2.28. The molecule has 8 heteroatoms. The van der Waals surface area contributed by atoms with E-state index in [9.17, 15) is 13.2 Å². The Morgan fingerprint density at radius 3 is 2.48 bits per heavy atom. The maximum Gasteiger partial charge on any atom is 0.255 e. The molecule has 2 aromatic rings. The van der Waals surface area contributed by atoms with Crippen LogP contribution in [0.4, 0.5) is 5.69 Å². The summed E-state index contributed by atoms with van der Waals surface area (Å²) in [6.45, 7) is 6.78. The minimum absolute atomic E-state index is 0.0501. The SMILES string of the molecule is CCOc1ccc(S(=O)(=O)NCCCOC(C)C)cc1NC(=O)c1ccccc1. The van der Waals surface area contributed by atoms with E-state index in [0.29, 0.717) is 36.6 Å². The molecule has 158 valence electrons. The van der Waals surface area contributed by atoms with Gasteiger partial charge in [-0.2, -0.15) is 0 Å². The number of carbonyl (C=O) groups is 1. The van der Waals surface area contributed by atoms with Crippen LogP contribution in [0.3, 0.4) is 0 Å². The highest BCUT2D eigenvalue weighted by atomic mass is 32.2. The zero-order chi connectivity index (χ0) is 21.3. The molecule has 0 spiro atoms. The van der Waals surface area contributed by atoms with Crippen molar-refractivity contribution in [1.82, 2.24) is 4.72 Å². The molecular formula is C21H28N2O5S. The van der Waals surface area contributed by atoms with Crippen LogP contribution in [0.2, 0.25) is 0 Å². The fraction of sp³-hybridized carbons (Fsp3) is 0.381. The lowest BCUT2D eigenvalue weighted by atomic mass is 10.2. The number of nitrogens with one attached hydrogen (secondary N) is 2. The van der Waals surface area contributed by atoms with Gasteiger partial charge in [-0.1, -0.05) is 18.2 Å². The first-order valence-corrected chi connectivity index (χ1v) is 11.1. The Kier molecular flexibility index (Phi) is 8.63. The number of hydrogen-bond acceptors (Lipinski definition) is 5. The Bertz CT molecular complexity index is 899. The molecule has 0 bridgehead atoms. The van der Waals surface area contributed by atoms with Crippen LogP contribution in [-0.4, -0.2) is 40.2 Å². The molecule has 2 rings (SSSR count). The summed E-state index contributed by atoms with van der Waals surface area (Å²) < 4.78 is 38.7. The zero-order valence-corrected chi connectivity index (χ0v) is 17.8. The zero-order valence-electron chi connectivity index (χ0n) is 17.0. The predicted molar refractivity (Wildman–Crippen MR) is 113 cm³/mol. The summed E-state index contributed by atoms with van der Waals surface area (Å²) in [6.07, 6.45) is 0.667. The molecule has 0 aliphatic rings. The lowest BCUT2D eigenvalue weighted by Gasteiger charge is -2.14. The molecule has 0 atom stereocenters. The van der Waals surface area contributed by atoms with Crippen molar-refractivity contribution in [3.05, 3.63) is 54.1 Å². The van der Waals surface area contributed by atoms with Crippen molar-refractivity contribution in [2.24, 2.45) is 0 Å². The van der Waals surface area contributed by atoms with E-state index in [1.807, 2.05) is 26.8 Å². The standard InChI is InChI=1S/C21H28N2O5S/c1-4-27-20-12-11-18(29(25,26)22-13-8-14-28-16(2)3)15-19(20)23-21(24)17-9-6-5-7-10-17/h5-7,9-12,15-16,22H,4,8,13-14H2,1-3H3,(H,23,24). The van der Waals surface area contributed by atoms with E-state index < -0.39 is 10.0 Å². The Hall–Kier alpha value is -2.42. The maximum atomic E-state index is 12.6. The molecule has 2 N–H and O–H groups in total. The maximum absolute atomic E-state index is 12.6. The molecule has 0 aliphatic carbocycles. The highest BCUT2D eigenvalue weighted by Gasteiger charge is 2.18. The number of ether oxygens (including phenoxy) is 2. The Morgan fingerprint density at radius 2 is 1.83 bits per heavy atom. The van der Waals surface area contributed by atoms with Crippen LogP contribution in [0, 0.1) is 0 Å². The summed E-state index contributed by atoms with van der Waals surface area (Å²) in [4.78, 5) is 12.5. The second-order valence-corrected chi connectivity index (χ2v) is 8.35. The third-order valence-electron chi connectivity index (χ3n) is 3.91. The molecule has 0 fully saturated rings. The predicted octanol–water partition coefficient (Wildman–Crippen LogP) is 3.43. The van der Waals surface area contributed by atoms with E-state index in [0.717, 1.165) is 0 Å². The van der Waals surface area contributed by atoms with Crippen molar-refractivity contribution in [2.45, 2.75) is 38.2 Å². The number of anilines is 1. The van der Waals surface area contributed by atoms with Crippen molar-refractivity contribution in [3.8, 4) is 5.75 Å². The minimum Gasteiger partial charge on any atom is -0.492 e. The minimum atomic E-state index is -3.73. The normalized spacial score (nSPS) is 11.4. The van der Waals surface area contributed by atoms with Gasteiger partial charge in [0, 0.05) is 18.7 Å². The molecule has 0 radical (unpaired) electrons. The van der Waals surface area contributed by atoms with Gasteiger partial charge in [0.15, 0.2) is 0 Å². The van der Waals surface area contributed by atoms with E-state index in [1.54, 1.807) is 30.3 Å². The summed E-state index contributed by atoms with van der Waals surface area (Å²) >= 11 is 0. The number of carbonyl (C=O) groups excluding carboxylic acids is 1. The van der Waals surface area contributed by atoms with E-state index in [4.69, 9.17) is 9.47 Å². The third-order valence-corrected chi connectivity index (χ3v) is 5.37. The average Bonchev–Trinajstić information content (AvgIpc) is 2.69. The van der Waals surface area contributed by atoms with Gasteiger partial charge in [-0.15, -0.1) is 0 Å². The van der Waals surface area contributed by atoms with Gasteiger partial charge in [0.25, 0.3) is 5.91 Å². The number of sulfonamides is 1. The van der Waals surface area contributed by atoms with Crippen LogP contribution in [0.25, 0.3) is 0 Å². The van der Waals surface area contributed by atoms with Gasteiger partial charge in [0.2, 0.25) is 10.0 Å². The molecule has 0 saturated heterocycles. The van der Waals surface area contributed by atoms with Crippen LogP contribution in [0.5, 0.6) is 5.75 Å². The second kappa shape index (κ2) is 10.9. The van der Waals surface area contributed by atoms with Gasteiger partial charge in [-0.25, -0.2) is 13.1 Å². The lowest BCUT2D eigenvalue weighted by molar-refractivity contribution is 0.0778. The molecule has 0 aliphatic heterocycles. The number of rotatable bonds is 11. The van der Waals surface area contributed by atoms with E-state index in [-0.39, 0.29) is 23.5 Å². The molecule has 2 aromatic carbocycles. The van der Waals surface area contributed by atoms with Crippen molar-refractivity contribution >= 4 is 21.6 Å². The Morgan fingerprint density at radius 1 is 1.10 bits per heavy atom. The number of hydrogen-bond donors (Lipinski definition) is 2. The van der Waals surface area contributed by atoms with Crippen LogP contribution in [0.1, 0.15) is 37.6 Å². The van der Waals surface area contributed by atoms with Crippen LogP contribution in [-0.2, 0) is 14.8 Å². The van der Waals surface area contributed by atoms with E-state index in [2.05, 4.69) is 10.0 Å². The third kappa shape index (κ3) is 7.16. The van der Waals surface area contributed by atoms with Gasteiger partial charge < -0.3 is 14.8 Å². The van der Waals surface area contributed by atoms with Gasteiger partial charge >= 0.3 is 0 Å². The second-order valence-electron chi connectivity index (χ2n) is 6.58. The van der Waals surface area contributed by atoms with Crippen LogP contribution in [0.15, 0.2) is 53.4 Å². The molecule has 0 heterocycles. The molecule has 7 nitrogen and oxygen atoms in total. The van der Waals surface area contributed by atoms with Gasteiger partial charge in [0.1, 0.15) is 5.75 Å².